The van der Waals surface area contributed by atoms with E-state index < -0.39 is 22.9 Å². The van der Waals surface area contributed by atoms with Crippen LogP contribution in [0.2, 0.25) is 0 Å². The summed E-state index contributed by atoms with van der Waals surface area (Å²) in [5.74, 6) is 2.32. The van der Waals surface area contributed by atoms with Crippen LogP contribution in [0.1, 0.15) is 28.4 Å². The van der Waals surface area contributed by atoms with E-state index in [1.54, 1.807) is 0 Å². The monoisotopic (exact) mass is 648 g/mol. The van der Waals surface area contributed by atoms with Crippen LogP contribution in [0.25, 0.3) is 0 Å². The molecule has 45 heavy (non-hydrogen) atoms. The number of ether oxygens (including phenoxy) is 1. The molecule has 0 saturated heterocycles. The Morgan fingerprint density at radius 2 is 0.933 bits per heavy atom. The maximum atomic E-state index is 10.7. The van der Waals surface area contributed by atoms with Crippen molar-refractivity contribution in [3.8, 4) is 0 Å². The third-order valence-corrected chi connectivity index (χ3v) is 11.5. The molecular formula is C36H32F3O4PS. The maximum absolute atomic E-state index is 10.7. The van der Waals surface area contributed by atoms with Gasteiger partial charge in [-0.1, -0.05) is 114 Å². The zero-order chi connectivity index (χ0) is 32.5. The van der Waals surface area contributed by atoms with E-state index in [4.69, 9.17) is 17.7 Å². The number of aryl methyl sites for hydroxylation is 2. The predicted octanol–water partition coefficient (Wildman–Crippen LogP) is 7.93. The summed E-state index contributed by atoms with van der Waals surface area (Å²) < 4.78 is 65.6. The van der Waals surface area contributed by atoms with Gasteiger partial charge in [0.1, 0.15) is 41.4 Å². The molecule has 232 valence electrons. The molecule has 0 spiro atoms. The Morgan fingerprint density at radius 1 is 0.622 bits per heavy atom. The molecule has 5 aromatic carbocycles. The average molecular weight is 649 g/mol. The highest BCUT2D eigenvalue weighted by Gasteiger charge is 2.43. The van der Waals surface area contributed by atoms with E-state index in [9.17, 15) is 13.2 Å². The van der Waals surface area contributed by atoms with E-state index in [1.807, 2.05) is 6.26 Å². The Bertz CT molecular complexity index is 1640. The van der Waals surface area contributed by atoms with Crippen LogP contribution in [0.3, 0.4) is 0 Å². The molecule has 0 aromatic heterocycles. The third-order valence-electron chi connectivity index (χ3n) is 7.03. The molecule has 9 heteroatoms. The molecule has 0 aliphatic heterocycles. The number of hydrogen-bond donors (Lipinski definition) is 0. The van der Waals surface area contributed by atoms with E-state index in [2.05, 4.69) is 159 Å². The van der Waals surface area contributed by atoms with Gasteiger partial charge in [0.15, 0.2) is 10.1 Å². The first-order chi connectivity index (χ1) is 21.4. The Labute approximate surface area is 262 Å². The molecule has 5 rings (SSSR count). The molecule has 0 fully saturated rings. The van der Waals surface area contributed by atoms with Crippen LogP contribution in [0.15, 0.2) is 152 Å². The maximum Gasteiger partial charge on any atom is 0.485 e. The first kappa shape index (κ1) is 33.7. The van der Waals surface area contributed by atoms with E-state index in [0.717, 1.165) is 11.1 Å². The van der Waals surface area contributed by atoms with Gasteiger partial charge in [-0.2, -0.15) is 13.2 Å². The van der Waals surface area contributed by atoms with Crippen LogP contribution >= 0.6 is 7.26 Å². The fourth-order valence-electron chi connectivity index (χ4n) is 4.73. The summed E-state index contributed by atoms with van der Waals surface area (Å²) in [5, 5.41) is 3.90. The smallest absolute Gasteiger partial charge is 0.485 e. The van der Waals surface area contributed by atoms with Gasteiger partial charge in [0, 0.05) is 0 Å². The van der Waals surface area contributed by atoms with Crippen LogP contribution in [-0.4, -0.2) is 18.5 Å². The van der Waals surface area contributed by atoms with Crippen LogP contribution in [-0.2, 0) is 14.9 Å². The lowest BCUT2D eigenvalue weighted by Crippen LogP contribution is -2.29. The van der Waals surface area contributed by atoms with Crippen molar-refractivity contribution >= 4 is 33.3 Å². The van der Waals surface area contributed by atoms with Gasteiger partial charge in [0.05, 0.1) is 0 Å². The van der Waals surface area contributed by atoms with Gasteiger partial charge >= 0.3 is 5.51 Å². The van der Waals surface area contributed by atoms with Gasteiger partial charge in [-0.3, -0.25) is 0 Å². The molecule has 0 saturated carbocycles. The SMILES string of the molecule is Cc1ccc(C(O/C=C\[P+](c2ccccc2)(c2ccccc2)c2ccccc2)c2ccc(C)cc2)cc1.O=S(=O)([O-])C(F)(F)F. The second-order valence-electron chi connectivity index (χ2n) is 10.3. The number of benzene rings is 5. The molecule has 0 unspecified atom stereocenters. The number of hydrogen-bond acceptors (Lipinski definition) is 4. The molecular weight excluding hydrogens is 616 g/mol. The van der Waals surface area contributed by atoms with Crippen molar-refractivity contribution in [3.05, 3.63) is 174 Å². The minimum absolute atomic E-state index is 0.193. The lowest BCUT2D eigenvalue weighted by atomic mass is 9.99. The lowest BCUT2D eigenvalue weighted by molar-refractivity contribution is -0.0517. The summed E-state index contributed by atoms with van der Waals surface area (Å²) in [6, 6.07) is 49.8. The summed E-state index contributed by atoms with van der Waals surface area (Å²) in [6.07, 6.45) is 1.76. The van der Waals surface area contributed by atoms with Crippen molar-refractivity contribution in [2.45, 2.75) is 25.5 Å². The Balaban J connectivity index is 0.000000510. The molecule has 0 aliphatic rings. The topological polar surface area (TPSA) is 66.4 Å². The van der Waals surface area contributed by atoms with Crippen LogP contribution in [0.5, 0.6) is 0 Å². The van der Waals surface area contributed by atoms with E-state index in [-0.39, 0.29) is 6.10 Å². The minimum atomic E-state index is -6.09. The number of halogens is 3. The molecule has 0 aliphatic carbocycles. The predicted molar refractivity (Wildman–Crippen MR) is 175 cm³/mol. The highest BCUT2D eigenvalue weighted by Crippen LogP contribution is 2.57. The third kappa shape index (κ3) is 8.49. The Kier molecular flexibility index (Phi) is 11.0. The highest BCUT2D eigenvalue weighted by molar-refractivity contribution is 7.98. The average Bonchev–Trinajstić information content (AvgIpc) is 3.03. The van der Waals surface area contributed by atoms with E-state index >= 15 is 0 Å². The molecule has 0 heterocycles. The van der Waals surface area contributed by atoms with Crippen molar-refractivity contribution in [3.63, 3.8) is 0 Å². The van der Waals surface area contributed by atoms with E-state index in [1.165, 1.54) is 27.0 Å². The highest BCUT2D eigenvalue weighted by atomic mass is 32.2. The van der Waals surface area contributed by atoms with Crippen LogP contribution in [0.4, 0.5) is 13.2 Å². The van der Waals surface area contributed by atoms with Gasteiger partial charge in [-0.25, -0.2) is 8.42 Å². The Morgan fingerprint density at radius 3 is 1.22 bits per heavy atom. The summed E-state index contributed by atoms with van der Waals surface area (Å²) >= 11 is 0. The molecule has 0 bridgehead atoms. The van der Waals surface area contributed by atoms with Crippen molar-refractivity contribution in [2.24, 2.45) is 0 Å². The van der Waals surface area contributed by atoms with Crippen molar-refractivity contribution < 1.29 is 30.9 Å². The zero-order valence-electron chi connectivity index (χ0n) is 24.6. The van der Waals surface area contributed by atoms with Crippen molar-refractivity contribution in [1.29, 1.82) is 0 Å². The Hall–Kier alpha value is -4.23. The summed E-state index contributed by atoms with van der Waals surface area (Å²) in [7, 11) is -8.20. The van der Waals surface area contributed by atoms with Crippen molar-refractivity contribution in [1.82, 2.24) is 0 Å². The largest absolute Gasteiger partial charge is 0.741 e. The van der Waals surface area contributed by atoms with Gasteiger partial charge in [-0.05, 0) is 61.4 Å². The fraction of sp³-hybridized carbons (Fsp3) is 0.111. The standard InChI is InChI=1S/C35H32OP.CHF3O3S/c1-28-18-22-30(23-19-28)35(31-24-20-29(2)21-25-31)36-26-27-37(32-12-6-3-7-13-32,33-14-8-4-9-15-33)34-16-10-5-11-17-34;2-1(3,4)8(5,6)7/h3-27,35H,1-2H3;(H,5,6,7)/q+1;/p-1/b27-26-;. The first-order valence-electron chi connectivity index (χ1n) is 14.0. The van der Waals surface area contributed by atoms with Crippen LogP contribution < -0.4 is 15.9 Å². The van der Waals surface area contributed by atoms with Gasteiger partial charge in [-0.15, -0.1) is 0 Å². The normalized spacial score (nSPS) is 12.1. The summed E-state index contributed by atoms with van der Waals surface area (Å²) in [4.78, 5) is 0. The number of alkyl halides is 3. The lowest BCUT2D eigenvalue weighted by Gasteiger charge is -2.24. The number of rotatable bonds is 8. The second-order valence-corrected chi connectivity index (χ2v) is 14.9. The van der Waals surface area contributed by atoms with Crippen LogP contribution in [0, 0.1) is 13.8 Å². The van der Waals surface area contributed by atoms with E-state index in [0.29, 0.717) is 0 Å². The quantitative estimate of drug-likeness (QED) is 0.0742. The molecule has 0 radical (unpaired) electrons. The summed E-state index contributed by atoms with van der Waals surface area (Å²) in [6.45, 7) is 4.23. The molecule has 0 atom stereocenters. The zero-order valence-corrected chi connectivity index (χ0v) is 26.3. The molecule has 0 amide bonds. The van der Waals surface area contributed by atoms with Gasteiger partial charge in [0.25, 0.3) is 0 Å². The molecule has 4 nitrogen and oxygen atoms in total. The molecule has 5 aromatic rings. The van der Waals surface area contributed by atoms with Crippen molar-refractivity contribution in [2.75, 3.05) is 0 Å². The molecule has 0 N–H and O–H groups in total. The van der Waals surface area contributed by atoms with Gasteiger partial charge < -0.3 is 9.29 Å². The second kappa shape index (κ2) is 14.7. The summed E-state index contributed by atoms with van der Waals surface area (Å²) in [5.41, 5.74) is -0.884. The fourth-order valence-corrected chi connectivity index (χ4v) is 8.32. The minimum Gasteiger partial charge on any atom is -0.741 e. The first-order valence-corrected chi connectivity index (χ1v) is 17.2. The van der Waals surface area contributed by atoms with Gasteiger partial charge in [0.2, 0.25) is 0 Å².